The van der Waals surface area contributed by atoms with Gasteiger partial charge in [-0.15, -0.1) is 0 Å². The van der Waals surface area contributed by atoms with Gasteiger partial charge in [-0.2, -0.15) is 0 Å². The SMILES string of the molecule is Cc1cn2c(n1)nc1c(N)ccccc12. The third-order valence-corrected chi connectivity index (χ3v) is 2.44. The van der Waals surface area contributed by atoms with Gasteiger partial charge in [0, 0.05) is 6.20 Å². The molecule has 3 aromatic rings. The van der Waals surface area contributed by atoms with Gasteiger partial charge >= 0.3 is 0 Å². The molecule has 2 aromatic heterocycles. The van der Waals surface area contributed by atoms with Crippen molar-refractivity contribution in [3.05, 3.63) is 36.2 Å². The van der Waals surface area contributed by atoms with Crippen molar-refractivity contribution in [3.63, 3.8) is 0 Å². The molecule has 15 heavy (non-hydrogen) atoms. The first-order valence-electron chi connectivity index (χ1n) is 4.75. The Labute approximate surface area is 86.4 Å². The van der Waals surface area contributed by atoms with E-state index in [4.69, 9.17) is 5.73 Å². The molecule has 4 heteroatoms. The van der Waals surface area contributed by atoms with E-state index in [1.54, 1.807) is 0 Å². The summed E-state index contributed by atoms with van der Waals surface area (Å²) in [6, 6.07) is 7.70. The van der Waals surface area contributed by atoms with Gasteiger partial charge in [0.05, 0.1) is 16.9 Å². The number of aromatic nitrogens is 3. The highest BCUT2D eigenvalue weighted by Crippen LogP contribution is 2.20. The third-order valence-electron chi connectivity index (χ3n) is 2.44. The Hall–Kier alpha value is -2.10. The number of hydrogen-bond donors (Lipinski definition) is 1. The van der Waals surface area contributed by atoms with E-state index in [1.165, 1.54) is 0 Å². The number of hydrogen-bond acceptors (Lipinski definition) is 3. The van der Waals surface area contributed by atoms with Gasteiger partial charge in [-0.25, -0.2) is 9.97 Å². The number of nitrogens with zero attached hydrogens (tertiary/aromatic N) is 3. The lowest BCUT2D eigenvalue weighted by Crippen LogP contribution is -1.82. The molecule has 0 saturated heterocycles. The maximum atomic E-state index is 5.89. The van der Waals surface area contributed by atoms with E-state index >= 15 is 0 Å². The summed E-state index contributed by atoms with van der Waals surface area (Å²) < 4.78 is 1.96. The molecule has 0 fully saturated rings. The van der Waals surface area contributed by atoms with Crippen molar-refractivity contribution >= 4 is 22.5 Å². The maximum Gasteiger partial charge on any atom is 0.235 e. The van der Waals surface area contributed by atoms with E-state index in [9.17, 15) is 0 Å². The van der Waals surface area contributed by atoms with Gasteiger partial charge in [-0.3, -0.25) is 4.40 Å². The summed E-state index contributed by atoms with van der Waals surface area (Å²) in [6.07, 6.45) is 1.96. The number of nitrogen functional groups attached to an aromatic ring is 1. The second-order valence-electron chi connectivity index (χ2n) is 3.57. The molecule has 0 radical (unpaired) electrons. The summed E-state index contributed by atoms with van der Waals surface area (Å²) in [6.45, 7) is 1.95. The highest BCUT2D eigenvalue weighted by atomic mass is 15.1. The summed E-state index contributed by atoms with van der Waals surface area (Å²) in [5.74, 6) is 0.709. The summed E-state index contributed by atoms with van der Waals surface area (Å²) in [4.78, 5) is 8.71. The second-order valence-corrected chi connectivity index (χ2v) is 3.57. The fourth-order valence-corrected chi connectivity index (χ4v) is 1.77. The average molecular weight is 198 g/mol. The molecule has 0 aliphatic heterocycles. The van der Waals surface area contributed by atoms with Crippen molar-refractivity contribution < 1.29 is 0 Å². The van der Waals surface area contributed by atoms with Gasteiger partial charge in [0.15, 0.2) is 0 Å². The molecule has 0 atom stereocenters. The minimum atomic E-state index is 0.679. The average Bonchev–Trinajstić information content (AvgIpc) is 2.63. The summed E-state index contributed by atoms with van der Waals surface area (Å²) in [5.41, 5.74) is 9.34. The Kier molecular flexibility index (Phi) is 1.48. The fourth-order valence-electron chi connectivity index (χ4n) is 1.77. The zero-order valence-corrected chi connectivity index (χ0v) is 8.31. The number of imidazole rings is 2. The third kappa shape index (κ3) is 1.08. The van der Waals surface area contributed by atoms with Crippen LogP contribution >= 0.6 is 0 Å². The predicted octanol–water partition coefficient (Wildman–Crippen LogP) is 1.77. The number of nitrogens with two attached hydrogens (primary N) is 1. The van der Waals surface area contributed by atoms with Gasteiger partial charge < -0.3 is 5.73 Å². The van der Waals surface area contributed by atoms with Crippen molar-refractivity contribution in [1.29, 1.82) is 0 Å². The Balaban J connectivity index is 2.59. The molecule has 2 N–H and O–H groups in total. The number of rotatable bonds is 0. The second kappa shape index (κ2) is 2.70. The van der Waals surface area contributed by atoms with E-state index in [-0.39, 0.29) is 0 Å². The van der Waals surface area contributed by atoms with Crippen molar-refractivity contribution in [2.45, 2.75) is 6.92 Å². The molecule has 0 spiro atoms. The summed E-state index contributed by atoms with van der Waals surface area (Å²) in [5, 5.41) is 0. The molecule has 3 rings (SSSR count). The maximum absolute atomic E-state index is 5.89. The largest absolute Gasteiger partial charge is 0.397 e. The van der Waals surface area contributed by atoms with Crippen molar-refractivity contribution in [3.8, 4) is 0 Å². The van der Waals surface area contributed by atoms with Gasteiger partial charge in [-0.05, 0) is 19.1 Å². The summed E-state index contributed by atoms with van der Waals surface area (Å²) >= 11 is 0. The van der Waals surface area contributed by atoms with E-state index in [0.717, 1.165) is 16.7 Å². The first kappa shape index (κ1) is 8.23. The molecule has 4 nitrogen and oxygen atoms in total. The van der Waals surface area contributed by atoms with Crippen LogP contribution in [0.15, 0.2) is 30.5 Å². The van der Waals surface area contributed by atoms with Crippen molar-refractivity contribution in [1.82, 2.24) is 14.4 Å². The van der Waals surface area contributed by atoms with Gasteiger partial charge in [0.25, 0.3) is 0 Å². The monoisotopic (exact) mass is 198 g/mol. The Morgan fingerprint density at radius 2 is 2.00 bits per heavy atom. The highest BCUT2D eigenvalue weighted by Gasteiger charge is 2.07. The van der Waals surface area contributed by atoms with Gasteiger partial charge in [-0.1, -0.05) is 12.1 Å². The van der Waals surface area contributed by atoms with E-state index < -0.39 is 0 Å². The molecule has 0 unspecified atom stereocenters. The van der Waals surface area contributed by atoms with Crippen molar-refractivity contribution in [2.75, 3.05) is 5.73 Å². The molecular formula is C11H10N4. The first-order valence-corrected chi connectivity index (χ1v) is 4.75. The Morgan fingerprint density at radius 3 is 2.87 bits per heavy atom. The lowest BCUT2D eigenvalue weighted by Gasteiger charge is -1.86. The lowest BCUT2D eigenvalue weighted by molar-refractivity contribution is 1.24. The number of aryl methyl sites for hydroxylation is 1. The first-order chi connectivity index (χ1) is 7.25. The van der Waals surface area contributed by atoms with Crippen LogP contribution in [0.2, 0.25) is 0 Å². The molecule has 0 aliphatic rings. The van der Waals surface area contributed by atoms with Crippen molar-refractivity contribution in [2.24, 2.45) is 0 Å². The molecule has 0 bridgehead atoms. The van der Waals surface area contributed by atoms with Crippen LogP contribution in [0.3, 0.4) is 0 Å². The van der Waals surface area contributed by atoms with E-state index in [0.29, 0.717) is 11.5 Å². The quantitative estimate of drug-likeness (QED) is 0.599. The standard InChI is InChI=1S/C11H10N4/c1-7-6-15-9-5-3-2-4-8(12)10(9)14-11(15)13-7/h2-6H,12H2,1H3. The zero-order valence-electron chi connectivity index (χ0n) is 8.31. The van der Waals surface area contributed by atoms with Crippen LogP contribution in [0, 0.1) is 6.92 Å². The van der Waals surface area contributed by atoms with Crippen LogP contribution in [0.25, 0.3) is 16.8 Å². The van der Waals surface area contributed by atoms with Gasteiger partial charge in [0.2, 0.25) is 5.78 Å². The minimum Gasteiger partial charge on any atom is -0.397 e. The lowest BCUT2D eigenvalue weighted by atomic mass is 10.4. The molecular weight excluding hydrogens is 188 g/mol. The smallest absolute Gasteiger partial charge is 0.235 e. The van der Waals surface area contributed by atoms with Gasteiger partial charge in [0.1, 0.15) is 5.52 Å². The van der Waals surface area contributed by atoms with Crippen LogP contribution < -0.4 is 5.73 Å². The molecule has 0 aliphatic carbocycles. The molecule has 2 heterocycles. The molecule has 1 aromatic carbocycles. The number of fused-ring (bicyclic) bond motifs is 3. The predicted molar refractivity (Wildman–Crippen MR) is 59.6 cm³/mol. The van der Waals surface area contributed by atoms with Crippen LogP contribution in [-0.4, -0.2) is 14.4 Å². The van der Waals surface area contributed by atoms with Crippen LogP contribution in [-0.2, 0) is 0 Å². The molecule has 0 amide bonds. The highest BCUT2D eigenvalue weighted by molar-refractivity contribution is 5.88. The normalized spacial score (nSPS) is 11.3. The summed E-state index contributed by atoms with van der Waals surface area (Å²) in [7, 11) is 0. The van der Waals surface area contributed by atoms with E-state index in [2.05, 4.69) is 9.97 Å². The Bertz CT molecular complexity index is 654. The minimum absolute atomic E-state index is 0.679. The van der Waals surface area contributed by atoms with E-state index in [1.807, 2.05) is 41.8 Å². The Morgan fingerprint density at radius 1 is 1.20 bits per heavy atom. The fraction of sp³-hybridized carbons (Fsp3) is 0.0909. The van der Waals surface area contributed by atoms with Crippen LogP contribution in [0.4, 0.5) is 5.69 Å². The topological polar surface area (TPSA) is 56.2 Å². The number of anilines is 1. The zero-order chi connectivity index (χ0) is 10.4. The van der Waals surface area contributed by atoms with Crippen LogP contribution in [0.1, 0.15) is 5.69 Å². The molecule has 74 valence electrons. The van der Waals surface area contributed by atoms with Crippen LogP contribution in [0.5, 0.6) is 0 Å². The molecule has 0 saturated carbocycles.